The number of nitrogens with zero attached hydrogens (tertiary/aromatic N) is 4. The van der Waals surface area contributed by atoms with Crippen molar-refractivity contribution < 1.29 is 14.3 Å². The molecule has 5 rings (SSSR count). The molecule has 2 aliphatic rings. The maximum Gasteiger partial charge on any atom is 0.228 e. The molecule has 0 fully saturated rings. The molecule has 3 heterocycles. The van der Waals surface area contributed by atoms with E-state index in [0.29, 0.717) is 47.3 Å². The molecular formula is C22H22N4O3. The van der Waals surface area contributed by atoms with Crippen molar-refractivity contribution in [2.45, 2.75) is 39.5 Å². The Morgan fingerprint density at radius 1 is 1.24 bits per heavy atom. The molecule has 7 nitrogen and oxygen atoms in total. The summed E-state index contributed by atoms with van der Waals surface area (Å²) in [6.07, 6.45) is 2.75. The zero-order valence-corrected chi connectivity index (χ0v) is 16.9. The SMILES string of the molecule is COc1ccccc1[C@H]1C2=C(CC(C)(C)CC2=O)Oc2ncn3nc(C)nc3c21. The van der Waals surface area contributed by atoms with Crippen LogP contribution in [0.2, 0.25) is 0 Å². The normalized spacial score (nSPS) is 20.3. The fraction of sp³-hybridized carbons (Fsp3) is 0.364. The quantitative estimate of drug-likeness (QED) is 0.665. The van der Waals surface area contributed by atoms with E-state index in [1.807, 2.05) is 31.2 Å². The molecule has 0 bridgehead atoms. The van der Waals surface area contributed by atoms with Gasteiger partial charge in [-0.2, -0.15) is 5.10 Å². The first-order chi connectivity index (χ1) is 13.9. The highest BCUT2D eigenvalue weighted by Crippen LogP contribution is 2.51. The van der Waals surface area contributed by atoms with Crippen molar-refractivity contribution in [3.05, 3.63) is 58.9 Å². The smallest absolute Gasteiger partial charge is 0.228 e. The molecule has 2 aromatic heterocycles. The number of rotatable bonds is 2. The van der Waals surface area contributed by atoms with E-state index in [-0.39, 0.29) is 17.1 Å². The Kier molecular flexibility index (Phi) is 3.78. The number of carbonyl (C=O) groups is 1. The lowest BCUT2D eigenvalue weighted by molar-refractivity contribution is -0.118. The Balaban J connectivity index is 1.84. The second-order valence-electron chi connectivity index (χ2n) is 8.45. The van der Waals surface area contributed by atoms with Crippen LogP contribution in [-0.2, 0) is 4.79 Å². The van der Waals surface area contributed by atoms with Gasteiger partial charge in [0.25, 0.3) is 0 Å². The molecule has 0 unspecified atom stereocenters. The lowest BCUT2D eigenvalue weighted by Crippen LogP contribution is -2.33. The van der Waals surface area contributed by atoms with Crippen LogP contribution < -0.4 is 9.47 Å². The zero-order chi connectivity index (χ0) is 20.3. The number of Topliss-reactive ketones (excluding diaryl/α,β-unsaturated/α-hetero) is 1. The highest BCUT2D eigenvalue weighted by molar-refractivity contribution is 6.00. The van der Waals surface area contributed by atoms with Gasteiger partial charge >= 0.3 is 0 Å². The van der Waals surface area contributed by atoms with Gasteiger partial charge in [-0.3, -0.25) is 4.79 Å². The van der Waals surface area contributed by atoms with Crippen molar-refractivity contribution in [2.75, 3.05) is 7.11 Å². The summed E-state index contributed by atoms with van der Waals surface area (Å²) in [4.78, 5) is 22.5. The molecule has 3 aromatic rings. The van der Waals surface area contributed by atoms with Crippen LogP contribution >= 0.6 is 0 Å². The Hall–Kier alpha value is -3.22. The Morgan fingerprint density at radius 2 is 2.03 bits per heavy atom. The second-order valence-corrected chi connectivity index (χ2v) is 8.45. The van der Waals surface area contributed by atoms with Gasteiger partial charge in [-0.25, -0.2) is 14.5 Å². The van der Waals surface area contributed by atoms with Crippen LogP contribution in [0, 0.1) is 12.3 Å². The van der Waals surface area contributed by atoms with Crippen LogP contribution in [0.5, 0.6) is 11.6 Å². The Labute approximate surface area is 168 Å². The number of allylic oxidation sites excluding steroid dienone is 2. The first kappa shape index (κ1) is 17.8. The van der Waals surface area contributed by atoms with Crippen molar-refractivity contribution in [3.8, 4) is 11.6 Å². The van der Waals surface area contributed by atoms with Gasteiger partial charge in [-0.05, 0) is 18.4 Å². The summed E-state index contributed by atoms with van der Waals surface area (Å²) >= 11 is 0. The molecule has 148 valence electrons. The third kappa shape index (κ3) is 2.72. The lowest BCUT2D eigenvalue weighted by Gasteiger charge is -2.37. The van der Waals surface area contributed by atoms with Crippen LogP contribution in [0.15, 0.2) is 41.9 Å². The number of hydrogen-bond donors (Lipinski definition) is 0. The molecule has 29 heavy (non-hydrogen) atoms. The number of ketones is 1. The van der Waals surface area contributed by atoms with Gasteiger partial charge < -0.3 is 9.47 Å². The Morgan fingerprint density at radius 3 is 2.83 bits per heavy atom. The van der Waals surface area contributed by atoms with E-state index in [1.165, 1.54) is 0 Å². The molecule has 0 saturated heterocycles. The van der Waals surface area contributed by atoms with E-state index < -0.39 is 0 Å². The van der Waals surface area contributed by atoms with Gasteiger partial charge in [0.15, 0.2) is 11.4 Å². The number of benzene rings is 1. The predicted molar refractivity (Wildman–Crippen MR) is 106 cm³/mol. The molecule has 1 atom stereocenters. The van der Waals surface area contributed by atoms with Gasteiger partial charge in [-0.1, -0.05) is 32.0 Å². The molecule has 0 amide bonds. The predicted octanol–water partition coefficient (Wildman–Crippen LogP) is 3.61. The lowest BCUT2D eigenvalue weighted by atomic mass is 9.70. The van der Waals surface area contributed by atoms with E-state index in [9.17, 15) is 4.79 Å². The monoisotopic (exact) mass is 390 g/mol. The molecule has 0 N–H and O–H groups in total. The number of hydrogen-bond acceptors (Lipinski definition) is 6. The van der Waals surface area contributed by atoms with E-state index in [4.69, 9.17) is 9.47 Å². The summed E-state index contributed by atoms with van der Waals surface area (Å²) in [6.45, 7) is 6.01. The van der Waals surface area contributed by atoms with E-state index in [2.05, 4.69) is 28.9 Å². The first-order valence-electron chi connectivity index (χ1n) is 9.67. The summed E-state index contributed by atoms with van der Waals surface area (Å²) < 4.78 is 13.5. The van der Waals surface area contributed by atoms with Crippen molar-refractivity contribution in [1.29, 1.82) is 0 Å². The number of ether oxygens (including phenoxy) is 2. The average Bonchev–Trinajstić information content (AvgIpc) is 3.05. The number of aryl methyl sites for hydroxylation is 1. The molecular weight excluding hydrogens is 368 g/mol. The fourth-order valence-electron chi connectivity index (χ4n) is 4.47. The molecule has 0 spiro atoms. The van der Waals surface area contributed by atoms with Crippen molar-refractivity contribution in [1.82, 2.24) is 19.6 Å². The molecule has 0 radical (unpaired) electrons. The minimum Gasteiger partial charge on any atom is -0.496 e. The number of carbonyl (C=O) groups excluding carboxylic acids is 1. The van der Waals surface area contributed by atoms with Crippen LogP contribution in [0.4, 0.5) is 0 Å². The van der Waals surface area contributed by atoms with Crippen molar-refractivity contribution >= 4 is 11.4 Å². The minimum atomic E-state index is -0.367. The third-order valence-corrected chi connectivity index (χ3v) is 5.62. The molecule has 1 aromatic carbocycles. The van der Waals surface area contributed by atoms with Crippen LogP contribution in [0.1, 0.15) is 49.6 Å². The number of para-hydroxylation sites is 1. The summed E-state index contributed by atoms with van der Waals surface area (Å²) in [5.74, 6) is 2.25. The van der Waals surface area contributed by atoms with Crippen molar-refractivity contribution in [2.24, 2.45) is 5.41 Å². The summed E-state index contributed by atoms with van der Waals surface area (Å²) in [5.41, 5.74) is 2.82. The Bertz CT molecular complexity index is 1190. The standard InChI is InChI=1S/C22H22N4O3/c1-12-24-20-19-17(13-7-5-6-8-15(13)28-4)18-14(27)9-22(2,3)10-16(18)29-21(19)23-11-26(20)25-12/h5-8,11,17H,9-10H2,1-4H3/t17-/m0/s1. The number of fused-ring (bicyclic) bond motifs is 3. The van der Waals surface area contributed by atoms with Gasteiger partial charge in [-0.15, -0.1) is 0 Å². The van der Waals surface area contributed by atoms with Crippen LogP contribution in [0.25, 0.3) is 5.65 Å². The molecule has 7 heteroatoms. The highest BCUT2D eigenvalue weighted by Gasteiger charge is 2.44. The van der Waals surface area contributed by atoms with Gasteiger partial charge in [0.1, 0.15) is 23.7 Å². The molecule has 1 aliphatic carbocycles. The minimum absolute atomic E-state index is 0.0936. The fourth-order valence-corrected chi connectivity index (χ4v) is 4.47. The van der Waals surface area contributed by atoms with Gasteiger partial charge in [0.05, 0.1) is 18.6 Å². The highest BCUT2D eigenvalue weighted by atomic mass is 16.5. The van der Waals surface area contributed by atoms with Crippen LogP contribution in [0.3, 0.4) is 0 Å². The summed E-state index contributed by atoms with van der Waals surface area (Å²) in [6, 6.07) is 7.77. The summed E-state index contributed by atoms with van der Waals surface area (Å²) in [5, 5.41) is 4.39. The maximum atomic E-state index is 13.3. The van der Waals surface area contributed by atoms with E-state index >= 15 is 0 Å². The van der Waals surface area contributed by atoms with Crippen molar-refractivity contribution in [3.63, 3.8) is 0 Å². The topological polar surface area (TPSA) is 78.6 Å². The first-order valence-corrected chi connectivity index (χ1v) is 9.67. The second kappa shape index (κ2) is 6.14. The third-order valence-electron chi connectivity index (χ3n) is 5.62. The van der Waals surface area contributed by atoms with E-state index in [0.717, 1.165) is 11.1 Å². The number of aromatic nitrogens is 4. The zero-order valence-electron chi connectivity index (χ0n) is 16.9. The van der Waals surface area contributed by atoms with Gasteiger partial charge in [0.2, 0.25) is 5.88 Å². The van der Waals surface area contributed by atoms with Crippen LogP contribution in [-0.4, -0.2) is 32.5 Å². The largest absolute Gasteiger partial charge is 0.496 e. The summed E-state index contributed by atoms with van der Waals surface area (Å²) in [7, 11) is 1.64. The molecule has 1 aliphatic heterocycles. The average molecular weight is 390 g/mol. The molecule has 0 saturated carbocycles. The maximum absolute atomic E-state index is 13.3. The van der Waals surface area contributed by atoms with E-state index in [1.54, 1.807) is 18.0 Å². The van der Waals surface area contributed by atoms with Gasteiger partial charge in [0, 0.05) is 24.0 Å². The number of methoxy groups -OCH3 is 1.